The highest BCUT2D eigenvalue weighted by Crippen LogP contribution is 2.28. The standard InChI is InChI=1S/C15H23ClN2O/c1-11(17-2)14-7-6-12(9-15(14)16)18(3)10-13-5-4-8-19-13/h6-7,9,11,13,17H,4-5,8,10H2,1-3H3. The van der Waals surface area contributed by atoms with E-state index in [1.165, 1.54) is 6.42 Å². The van der Waals surface area contributed by atoms with Crippen LogP contribution in [-0.4, -0.2) is 33.4 Å². The van der Waals surface area contributed by atoms with Crippen molar-refractivity contribution in [2.75, 3.05) is 32.1 Å². The van der Waals surface area contributed by atoms with Crippen LogP contribution in [0.15, 0.2) is 18.2 Å². The van der Waals surface area contributed by atoms with E-state index in [9.17, 15) is 0 Å². The van der Waals surface area contributed by atoms with Crippen LogP contribution in [0, 0.1) is 0 Å². The van der Waals surface area contributed by atoms with Crippen LogP contribution < -0.4 is 10.2 Å². The van der Waals surface area contributed by atoms with Crippen LogP contribution in [0.25, 0.3) is 0 Å². The topological polar surface area (TPSA) is 24.5 Å². The van der Waals surface area contributed by atoms with E-state index in [1.807, 2.05) is 13.1 Å². The molecule has 2 atom stereocenters. The molecule has 0 radical (unpaired) electrons. The smallest absolute Gasteiger partial charge is 0.0750 e. The van der Waals surface area contributed by atoms with E-state index in [0.717, 1.165) is 35.8 Å². The molecule has 0 saturated carbocycles. The van der Waals surface area contributed by atoms with Gasteiger partial charge in [0.1, 0.15) is 0 Å². The van der Waals surface area contributed by atoms with Gasteiger partial charge in [0.05, 0.1) is 6.10 Å². The van der Waals surface area contributed by atoms with Crippen LogP contribution in [0.3, 0.4) is 0 Å². The number of ether oxygens (including phenoxy) is 1. The Labute approximate surface area is 120 Å². The van der Waals surface area contributed by atoms with E-state index in [2.05, 4.69) is 36.3 Å². The molecule has 0 spiro atoms. The summed E-state index contributed by atoms with van der Waals surface area (Å²) in [6, 6.07) is 6.54. The lowest BCUT2D eigenvalue weighted by molar-refractivity contribution is 0.116. The first-order valence-electron chi connectivity index (χ1n) is 6.91. The summed E-state index contributed by atoms with van der Waals surface area (Å²) < 4.78 is 5.67. The van der Waals surface area contributed by atoms with Gasteiger partial charge in [-0.3, -0.25) is 0 Å². The summed E-state index contributed by atoms with van der Waals surface area (Å²) in [4.78, 5) is 2.22. The predicted octanol–water partition coefficient (Wildman–Crippen LogP) is 3.24. The number of hydrogen-bond donors (Lipinski definition) is 1. The fourth-order valence-corrected chi connectivity index (χ4v) is 2.80. The van der Waals surface area contributed by atoms with Gasteiger partial charge in [-0.15, -0.1) is 0 Å². The second kappa shape index (κ2) is 6.60. The molecular formula is C15H23ClN2O. The maximum atomic E-state index is 6.37. The summed E-state index contributed by atoms with van der Waals surface area (Å²) in [6.45, 7) is 3.94. The van der Waals surface area contributed by atoms with Crippen molar-refractivity contribution in [3.63, 3.8) is 0 Å². The largest absolute Gasteiger partial charge is 0.376 e. The van der Waals surface area contributed by atoms with E-state index < -0.39 is 0 Å². The quantitative estimate of drug-likeness (QED) is 0.897. The number of anilines is 1. The molecule has 2 rings (SSSR count). The number of nitrogens with one attached hydrogen (secondary N) is 1. The van der Waals surface area contributed by atoms with Crippen molar-refractivity contribution in [3.05, 3.63) is 28.8 Å². The molecule has 1 fully saturated rings. The second-order valence-corrected chi connectivity index (χ2v) is 5.64. The third kappa shape index (κ3) is 3.62. The maximum Gasteiger partial charge on any atom is 0.0750 e. The van der Waals surface area contributed by atoms with Gasteiger partial charge >= 0.3 is 0 Å². The van der Waals surface area contributed by atoms with Gasteiger partial charge in [-0.25, -0.2) is 0 Å². The normalized spacial score (nSPS) is 20.5. The fourth-order valence-electron chi connectivity index (χ4n) is 2.46. The van der Waals surface area contributed by atoms with Gasteiger partial charge in [0.15, 0.2) is 0 Å². The number of benzene rings is 1. The number of rotatable bonds is 5. The Morgan fingerprint density at radius 1 is 1.53 bits per heavy atom. The Balaban J connectivity index is 2.05. The number of hydrogen-bond acceptors (Lipinski definition) is 3. The third-order valence-electron chi connectivity index (χ3n) is 3.83. The highest BCUT2D eigenvalue weighted by Gasteiger charge is 2.18. The SMILES string of the molecule is CNC(C)c1ccc(N(C)CC2CCCO2)cc1Cl. The molecule has 1 N–H and O–H groups in total. The van der Waals surface area contributed by atoms with Gasteiger partial charge in [-0.2, -0.15) is 0 Å². The van der Waals surface area contributed by atoms with E-state index in [4.69, 9.17) is 16.3 Å². The molecule has 4 heteroatoms. The Morgan fingerprint density at radius 3 is 2.89 bits per heavy atom. The summed E-state index contributed by atoms with van der Waals surface area (Å²) in [7, 11) is 4.03. The van der Waals surface area contributed by atoms with Crippen molar-refractivity contribution in [2.24, 2.45) is 0 Å². The lowest BCUT2D eigenvalue weighted by atomic mass is 10.1. The lowest BCUT2D eigenvalue weighted by Crippen LogP contribution is -2.28. The van der Waals surface area contributed by atoms with E-state index >= 15 is 0 Å². The minimum atomic E-state index is 0.269. The second-order valence-electron chi connectivity index (χ2n) is 5.23. The molecule has 19 heavy (non-hydrogen) atoms. The zero-order valence-electron chi connectivity index (χ0n) is 11.9. The molecule has 3 nitrogen and oxygen atoms in total. The molecule has 2 unspecified atom stereocenters. The Kier molecular flexibility index (Phi) is 5.08. The predicted molar refractivity (Wildman–Crippen MR) is 81.2 cm³/mol. The molecule has 1 aliphatic heterocycles. The molecule has 1 heterocycles. The molecule has 0 bridgehead atoms. The van der Waals surface area contributed by atoms with Crippen molar-refractivity contribution < 1.29 is 4.74 Å². The number of halogens is 1. The van der Waals surface area contributed by atoms with Crippen LogP contribution in [0.4, 0.5) is 5.69 Å². The molecule has 1 aliphatic rings. The monoisotopic (exact) mass is 282 g/mol. The highest BCUT2D eigenvalue weighted by atomic mass is 35.5. The fraction of sp³-hybridized carbons (Fsp3) is 0.600. The first-order chi connectivity index (χ1) is 9.11. The van der Waals surface area contributed by atoms with Crippen LogP contribution in [0.2, 0.25) is 5.02 Å². The average molecular weight is 283 g/mol. The molecule has 1 aromatic carbocycles. The van der Waals surface area contributed by atoms with Crippen LogP contribution in [0.5, 0.6) is 0 Å². The van der Waals surface area contributed by atoms with E-state index in [1.54, 1.807) is 0 Å². The summed E-state index contributed by atoms with van der Waals surface area (Å²) >= 11 is 6.37. The van der Waals surface area contributed by atoms with Crippen molar-refractivity contribution in [1.29, 1.82) is 0 Å². The van der Waals surface area contributed by atoms with Crippen molar-refractivity contribution in [2.45, 2.75) is 31.9 Å². The minimum absolute atomic E-state index is 0.269. The van der Waals surface area contributed by atoms with Crippen molar-refractivity contribution in [3.8, 4) is 0 Å². The summed E-state index contributed by atoms with van der Waals surface area (Å²) in [6.07, 6.45) is 2.70. The lowest BCUT2D eigenvalue weighted by Gasteiger charge is -2.24. The number of likely N-dealkylation sites (N-methyl/N-ethyl adjacent to an activating group) is 1. The molecule has 0 amide bonds. The van der Waals surface area contributed by atoms with Crippen molar-refractivity contribution >= 4 is 17.3 Å². The minimum Gasteiger partial charge on any atom is -0.376 e. The van der Waals surface area contributed by atoms with Crippen LogP contribution >= 0.6 is 11.6 Å². The highest BCUT2D eigenvalue weighted by molar-refractivity contribution is 6.31. The Morgan fingerprint density at radius 2 is 2.32 bits per heavy atom. The number of nitrogens with zero attached hydrogens (tertiary/aromatic N) is 1. The first-order valence-corrected chi connectivity index (χ1v) is 7.29. The molecule has 0 aromatic heterocycles. The Hall–Kier alpha value is -0.770. The third-order valence-corrected chi connectivity index (χ3v) is 4.15. The Bertz CT molecular complexity index is 419. The molecule has 106 valence electrons. The van der Waals surface area contributed by atoms with Crippen molar-refractivity contribution in [1.82, 2.24) is 5.32 Å². The van der Waals surface area contributed by atoms with E-state index in [-0.39, 0.29) is 6.04 Å². The molecular weight excluding hydrogens is 260 g/mol. The van der Waals surface area contributed by atoms with Gasteiger partial charge in [-0.1, -0.05) is 17.7 Å². The van der Waals surface area contributed by atoms with Gasteiger partial charge < -0.3 is 15.0 Å². The average Bonchev–Trinajstić information content (AvgIpc) is 2.90. The van der Waals surface area contributed by atoms with Gasteiger partial charge in [0.2, 0.25) is 0 Å². The maximum absolute atomic E-state index is 6.37. The van der Waals surface area contributed by atoms with Gasteiger partial charge in [0, 0.05) is 37.0 Å². The summed E-state index contributed by atoms with van der Waals surface area (Å²) in [5.74, 6) is 0. The first kappa shape index (κ1) is 14.6. The molecule has 0 aliphatic carbocycles. The molecule has 1 saturated heterocycles. The molecule has 1 aromatic rings. The zero-order valence-corrected chi connectivity index (χ0v) is 12.7. The summed E-state index contributed by atoms with van der Waals surface area (Å²) in [5.41, 5.74) is 2.28. The van der Waals surface area contributed by atoms with Crippen LogP contribution in [0.1, 0.15) is 31.4 Å². The van der Waals surface area contributed by atoms with E-state index in [0.29, 0.717) is 6.10 Å². The zero-order chi connectivity index (χ0) is 13.8. The summed E-state index contributed by atoms with van der Waals surface area (Å²) in [5, 5.41) is 4.03. The van der Waals surface area contributed by atoms with Crippen LogP contribution in [-0.2, 0) is 4.74 Å². The van der Waals surface area contributed by atoms with Gasteiger partial charge in [0.25, 0.3) is 0 Å². The van der Waals surface area contributed by atoms with Gasteiger partial charge in [-0.05, 0) is 44.5 Å².